The maximum Gasteiger partial charge on any atom is 0.282 e. The molecule has 2 aliphatic rings. The Balaban J connectivity index is 0.00000220. The molecule has 21 heavy (non-hydrogen) atoms. The van der Waals surface area contributed by atoms with Crippen LogP contribution in [0.15, 0.2) is 0 Å². The highest BCUT2D eigenvalue weighted by Gasteiger charge is 2.36. The zero-order chi connectivity index (χ0) is 14.6. The van der Waals surface area contributed by atoms with Gasteiger partial charge in [0.1, 0.15) is 0 Å². The molecule has 0 aromatic carbocycles. The van der Waals surface area contributed by atoms with Crippen molar-refractivity contribution in [3.63, 3.8) is 0 Å². The maximum atomic E-state index is 12.9. The first-order valence-electron chi connectivity index (χ1n) is 8.03. The molecule has 7 heteroatoms. The summed E-state index contributed by atoms with van der Waals surface area (Å²) in [5.74, 6) is 0.653. The Hall–Kier alpha value is 0.120. The summed E-state index contributed by atoms with van der Waals surface area (Å²) in [6, 6.07) is 0.181. The number of nitrogens with one attached hydrogen (secondary N) is 1. The fourth-order valence-electron chi connectivity index (χ4n) is 3.17. The second-order valence-corrected chi connectivity index (χ2v) is 8.06. The minimum atomic E-state index is -3.27. The standard InChI is InChI=1S/C14H29N3O2S.ClH/c1-3-10-17(14-4-8-15-9-5-14)20(18,19)16-11-6-13(2)7-12-16;/h13-15H,3-12H2,1-2H3;1H. The molecular formula is C14H30ClN3O2S. The van der Waals surface area contributed by atoms with Crippen molar-refractivity contribution < 1.29 is 8.42 Å². The Bertz CT molecular complexity index is 391. The van der Waals surface area contributed by atoms with Crippen molar-refractivity contribution in [2.75, 3.05) is 32.7 Å². The number of halogens is 1. The lowest BCUT2D eigenvalue weighted by atomic mass is 10.0. The Morgan fingerprint density at radius 3 is 2.24 bits per heavy atom. The number of rotatable bonds is 5. The van der Waals surface area contributed by atoms with E-state index in [2.05, 4.69) is 19.2 Å². The van der Waals surface area contributed by atoms with Gasteiger partial charge in [-0.1, -0.05) is 13.8 Å². The maximum absolute atomic E-state index is 12.9. The lowest BCUT2D eigenvalue weighted by Crippen LogP contribution is -2.53. The second kappa shape index (κ2) is 8.67. The highest BCUT2D eigenvalue weighted by Crippen LogP contribution is 2.24. The quantitative estimate of drug-likeness (QED) is 0.831. The SMILES string of the molecule is CCCN(C1CCNCC1)S(=O)(=O)N1CCC(C)CC1.Cl. The Labute approximate surface area is 136 Å². The zero-order valence-corrected chi connectivity index (χ0v) is 14.9. The number of piperidine rings is 2. The van der Waals surface area contributed by atoms with Gasteiger partial charge in [-0.2, -0.15) is 17.0 Å². The van der Waals surface area contributed by atoms with Crippen molar-refractivity contribution in [1.82, 2.24) is 13.9 Å². The van der Waals surface area contributed by atoms with E-state index in [9.17, 15) is 8.42 Å². The lowest BCUT2D eigenvalue weighted by molar-refractivity contribution is 0.221. The summed E-state index contributed by atoms with van der Waals surface area (Å²) in [6.07, 6.45) is 4.73. The lowest BCUT2D eigenvalue weighted by Gasteiger charge is -2.39. The fourth-order valence-corrected chi connectivity index (χ4v) is 5.14. The van der Waals surface area contributed by atoms with Gasteiger partial charge in [-0.25, -0.2) is 0 Å². The molecule has 0 aromatic rings. The first-order valence-corrected chi connectivity index (χ1v) is 9.43. The summed E-state index contributed by atoms with van der Waals surface area (Å²) in [6.45, 7) is 8.15. The van der Waals surface area contributed by atoms with E-state index in [-0.39, 0.29) is 18.4 Å². The molecule has 2 heterocycles. The minimum Gasteiger partial charge on any atom is -0.317 e. The molecule has 0 saturated carbocycles. The molecule has 1 N–H and O–H groups in total. The topological polar surface area (TPSA) is 52.7 Å². The van der Waals surface area contributed by atoms with Crippen LogP contribution in [0.4, 0.5) is 0 Å². The van der Waals surface area contributed by atoms with E-state index in [1.54, 1.807) is 8.61 Å². The van der Waals surface area contributed by atoms with Crippen molar-refractivity contribution in [3.8, 4) is 0 Å². The smallest absolute Gasteiger partial charge is 0.282 e. The summed E-state index contributed by atoms with van der Waals surface area (Å²) in [5.41, 5.74) is 0. The molecule has 0 radical (unpaired) electrons. The van der Waals surface area contributed by atoms with Gasteiger partial charge in [-0.15, -0.1) is 12.4 Å². The molecule has 2 rings (SSSR count). The van der Waals surface area contributed by atoms with Crippen molar-refractivity contribution in [2.45, 2.75) is 52.0 Å². The van der Waals surface area contributed by atoms with Crippen molar-refractivity contribution in [2.24, 2.45) is 5.92 Å². The third kappa shape index (κ3) is 4.79. The first-order chi connectivity index (χ1) is 9.55. The monoisotopic (exact) mass is 339 g/mol. The molecule has 0 aliphatic carbocycles. The highest BCUT2D eigenvalue weighted by molar-refractivity contribution is 7.86. The van der Waals surface area contributed by atoms with Crippen LogP contribution in [0.2, 0.25) is 0 Å². The van der Waals surface area contributed by atoms with E-state index >= 15 is 0 Å². The van der Waals surface area contributed by atoms with Gasteiger partial charge in [0.15, 0.2) is 0 Å². The number of hydrogen-bond donors (Lipinski definition) is 1. The Kier molecular flexibility index (Phi) is 7.92. The largest absolute Gasteiger partial charge is 0.317 e. The molecule has 0 unspecified atom stereocenters. The molecule has 0 amide bonds. The van der Waals surface area contributed by atoms with Gasteiger partial charge < -0.3 is 5.32 Å². The number of hydrogen-bond acceptors (Lipinski definition) is 3. The van der Waals surface area contributed by atoms with E-state index in [4.69, 9.17) is 0 Å². The van der Waals surface area contributed by atoms with Crippen LogP contribution in [0.25, 0.3) is 0 Å². The van der Waals surface area contributed by atoms with Gasteiger partial charge in [-0.3, -0.25) is 0 Å². The molecule has 0 atom stereocenters. The van der Waals surface area contributed by atoms with Crippen LogP contribution in [-0.2, 0) is 10.2 Å². The molecule has 5 nitrogen and oxygen atoms in total. The Morgan fingerprint density at radius 1 is 1.14 bits per heavy atom. The summed E-state index contributed by atoms with van der Waals surface area (Å²) in [4.78, 5) is 0. The second-order valence-electron chi connectivity index (χ2n) is 6.18. The molecule has 2 aliphatic heterocycles. The molecule has 126 valence electrons. The van der Waals surface area contributed by atoms with Crippen LogP contribution >= 0.6 is 12.4 Å². The van der Waals surface area contributed by atoms with Crippen LogP contribution in [0.3, 0.4) is 0 Å². The van der Waals surface area contributed by atoms with E-state index in [0.717, 1.165) is 45.2 Å². The van der Waals surface area contributed by atoms with Gasteiger partial charge in [0.25, 0.3) is 10.2 Å². The molecular weight excluding hydrogens is 310 g/mol. The predicted molar refractivity (Wildman–Crippen MR) is 89.0 cm³/mol. The average Bonchev–Trinajstić information content (AvgIpc) is 2.46. The van der Waals surface area contributed by atoms with Gasteiger partial charge in [0.2, 0.25) is 0 Å². The van der Waals surface area contributed by atoms with Crippen LogP contribution in [0, 0.1) is 5.92 Å². The van der Waals surface area contributed by atoms with E-state index in [1.807, 2.05) is 0 Å². The van der Waals surface area contributed by atoms with E-state index in [1.165, 1.54) is 0 Å². The molecule has 0 aromatic heterocycles. The fraction of sp³-hybridized carbons (Fsp3) is 1.00. The van der Waals surface area contributed by atoms with Crippen LogP contribution in [0.1, 0.15) is 46.0 Å². The normalized spacial score (nSPS) is 23.2. The third-order valence-electron chi connectivity index (χ3n) is 4.53. The summed E-state index contributed by atoms with van der Waals surface area (Å²) in [5, 5.41) is 3.31. The highest BCUT2D eigenvalue weighted by atomic mass is 35.5. The Morgan fingerprint density at radius 2 is 1.71 bits per heavy atom. The summed E-state index contributed by atoms with van der Waals surface area (Å²) >= 11 is 0. The zero-order valence-electron chi connectivity index (χ0n) is 13.3. The van der Waals surface area contributed by atoms with Crippen molar-refractivity contribution in [3.05, 3.63) is 0 Å². The molecule has 2 fully saturated rings. The van der Waals surface area contributed by atoms with Gasteiger partial charge >= 0.3 is 0 Å². The van der Waals surface area contributed by atoms with Crippen LogP contribution in [-0.4, -0.2) is 55.8 Å². The van der Waals surface area contributed by atoms with Gasteiger partial charge in [-0.05, 0) is 51.1 Å². The molecule has 0 spiro atoms. The van der Waals surface area contributed by atoms with Crippen molar-refractivity contribution >= 4 is 22.6 Å². The minimum absolute atomic E-state index is 0. The summed E-state index contributed by atoms with van der Waals surface area (Å²) < 4.78 is 29.3. The van der Waals surface area contributed by atoms with Crippen LogP contribution < -0.4 is 5.32 Å². The van der Waals surface area contributed by atoms with Gasteiger partial charge in [0.05, 0.1) is 0 Å². The van der Waals surface area contributed by atoms with E-state index in [0.29, 0.717) is 25.6 Å². The van der Waals surface area contributed by atoms with Crippen LogP contribution in [0.5, 0.6) is 0 Å². The first kappa shape index (κ1) is 19.2. The summed E-state index contributed by atoms with van der Waals surface area (Å²) in [7, 11) is -3.27. The van der Waals surface area contributed by atoms with Gasteiger partial charge in [0, 0.05) is 25.7 Å². The average molecular weight is 340 g/mol. The third-order valence-corrected chi connectivity index (χ3v) is 6.62. The van der Waals surface area contributed by atoms with Crippen molar-refractivity contribution in [1.29, 1.82) is 0 Å². The van der Waals surface area contributed by atoms with E-state index < -0.39 is 10.2 Å². The predicted octanol–water partition coefficient (Wildman–Crippen LogP) is 1.85. The molecule has 0 bridgehead atoms. The molecule has 2 saturated heterocycles. The number of nitrogens with zero attached hydrogens (tertiary/aromatic N) is 2.